The summed E-state index contributed by atoms with van der Waals surface area (Å²) in [6.07, 6.45) is 2.58. The molecule has 0 aliphatic carbocycles. The van der Waals surface area contributed by atoms with Crippen LogP contribution in [-0.2, 0) is 30.4 Å². The van der Waals surface area contributed by atoms with Crippen LogP contribution in [0.3, 0.4) is 0 Å². The first-order chi connectivity index (χ1) is 24.8. The molecule has 3 rings (SSSR count). The Morgan fingerprint density at radius 2 is 1.50 bits per heavy atom. The highest BCUT2D eigenvalue weighted by Gasteiger charge is 2.45. The van der Waals surface area contributed by atoms with E-state index in [1.807, 2.05) is 20.8 Å². The number of halogens is 1. The lowest BCUT2D eigenvalue weighted by Crippen LogP contribution is -2.64. The van der Waals surface area contributed by atoms with Gasteiger partial charge in [0.15, 0.2) is 12.1 Å². The summed E-state index contributed by atoms with van der Waals surface area (Å²) in [6, 6.07) is 8.78. The second kappa shape index (κ2) is 21.3. The van der Waals surface area contributed by atoms with Crippen LogP contribution in [0.2, 0.25) is 5.02 Å². The molecule has 1 saturated heterocycles. The van der Waals surface area contributed by atoms with Crippen LogP contribution in [-0.4, -0.2) is 96.7 Å². The Morgan fingerprint density at radius 1 is 0.865 bits per heavy atom. The Hall–Kier alpha value is -3.46. The number of ketones is 1. The van der Waals surface area contributed by atoms with Crippen molar-refractivity contribution < 1.29 is 58.1 Å². The number of Topliss-reactive ketones (excluding diaryl/α,β-unsaturated/α-hetero) is 1. The number of carbonyl (C=O) groups is 3. The fourth-order valence-corrected chi connectivity index (χ4v) is 5.82. The molecule has 5 atom stereocenters. The number of aliphatic hydroxyl groups excluding tert-OH is 3. The summed E-state index contributed by atoms with van der Waals surface area (Å²) in [5.74, 6) is 0.183. The van der Waals surface area contributed by atoms with Crippen molar-refractivity contribution >= 4 is 29.3 Å². The molecule has 1 aliphatic heterocycles. The van der Waals surface area contributed by atoms with Crippen molar-refractivity contribution in [3.05, 3.63) is 52.5 Å². The molecule has 0 spiro atoms. The molecule has 1 amide bonds. The van der Waals surface area contributed by atoms with Gasteiger partial charge in [0.25, 0.3) is 5.91 Å². The summed E-state index contributed by atoms with van der Waals surface area (Å²) in [5, 5.41) is 33.0. The summed E-state index contributed by atoms with van der Waals surface area (Å²) in [5.41, 5.74) is 0.405. The van der Waals surface area contributed by atoms with Crippen molar-refractivity contribution in [2.24, 2.45) is 0 Å². The van der Waals surface area contributed by atoms with Gasteiger partial charge in [-0.2, -0.15) is 0 Å². The number of methoxy groups -OCH3 is 2. The number of ether oxygens (including phenoxy) is 6. The summed E-state index contributed by atoms with van der Waals surface area (Å²) in [7, 11) is 2.68. The average molecular weight is 752 g/mol. The van der Waals surface area contributed by atoms with E-state index in [-0.39, 0.29) is 47.1 Å². The van der Waals surface area contributed by atoms with E-state index < -0.39 is 48.8 Å². The minimum atomic E-state index is -1.48. The molecule has 0 radical (unpaired) electrons. The highest BCUT2D eigenvalue weighted by atomic mass is 35.5. The summed E-state index contributed by atoms with van der Waals surface area (Å²) < 4.78 is 33.0. The lowest BCUT2D eigenvalue weighted by molar-refractivity contribution is -0.261. The molecular formula is C38H54ClNO12. The molecule has 4 N–H and O–H groups in total. The number of unbranched alkanes of at least 4 members (excludes halogenated alkanes) is 6. The van der Waals surface area contributed by atoms with Gasteiger partial charge >= 0.3 is 5.97 Å². The maximum Gasteiger partial charge on any atom is 0.306 e. The Labute approximate surface area is 310 Å². The number of hydrogen-bond acceptors (Lipinski definition) is 12. The number of nitrogens with one attached hydrogen (secondary N) is 1. The van der Waals surface area contributed by atoms with Crippen molar-refractivity contribution in [2.75, 3.05) is 27.4 Å². The minimum absolute atomic E-state index is 0.00153. The second-order valence-electron chi connectivity index (χ2n) is 13.7. The van der Waals surface area contributed by atoms with Crippen LogP contribution in [0.15, 0.2) is 36.4 Å². The van der Waals surface area contributed by atoms with Gasteiger partial charge in [-0.05, 0) is 57.4 Å². The maximum absolute atomic E-state index is 13.2. The van der Waals surface area contributed by atoms with Crippen LogP contribution in [0.5, 0.6) is 17.2 Å². The van der Waals surface area contributed by atoms with Gasteiger partial charge in [-0.3, -0.25) is 14.4 Å². The van der Waals surface area contributed by atoms with Crippen molar-refractivity contribution in [1.82, 2.24) is 5.32 Å². The van der Waals surface area contributed by atoms with Crippen LogP contribution in [0, 0.1) is 0 Å². The molecule has 2 aromatic carbocycles. The lowest BCUT2D eigenvalue weighted by Gasteiger charge is -2.41. The van der Waals surface area contributed by atoms with Crippen molar-refractivity contribution in [3.8, 4) is 17.2 Å². The zero-order chi connectivity index (χ0) is 38.3. The fraction of sp³-hybridized carbons (Fsp3) is 0.605. The van der Waals surface area contributed by atoms with Crippen LogP contribution < -0.4 is 19.5 Å². The Balaban J connectivity index is 1.38. The number of aliphatic hydroxyl groups is 3. The summed E-state index contributed by atoms with van der Waals surface area (Å²) in [4.78, 5) is 37.3. The minimum Gasteiger partial charge on any atom is -0.496 e. The molecule has 13 nitrogen and oxygen atoms in total. The fourth-order valence-electron chi connectivity index (χ4n) is 5.61. The van der Waals surface area contributed by atoms with Gasteiger partial charge in [0.05, 0.1) is 24.3 Å². The third-order valence-electron chi connectivity index (χ3n) is 8.38. The molecule has 290 valence electrons. The van der Waals surface area contributed by atoms with Gasteiger partial charge in [-0.1, -0.05) is 55.8 Å². The second-order valence-corrected chi connectivity index (χ2v) is 14.2. The van der Waals surface area contributed by atoms with E-state index in [0.717, 1.165) is 50.5 Å². The number of rotatable bonds is 21. The van der Waals surface area contributed by atoms with E-state index in [0.29, 0.717) is 18.6 Å². The van der Waals surface area contributed by atoms with Crippen LogP contribution in [0.4, 0.5) is 0 Å². The quantitative estimate of drug-likeness (QED) is 0.100. The van der Waals surface area contributed by atoms with Gasteiger partial charge < -0.3 is 49.1 Å². The molecule has 1 heterocycles. The molecule has 0 aromatic heterocycles. The average Bonchev–Trinajstić information content (AvgIpc) is 3.11. The standard InChI is InChI=1S/C38H54ClNO12/c1-38(2,3)52-32(43)14-12-10-8-6-7-9-11-13-25(42)23-49-26-17-15-24(16-18-26)22-50-30-20-29(47-4)27(19-28(30)39)36(46)40-33-35(45)34(44)31(21-41)51-37(33)48-5/h15-20,31,33-35,37,41,44-45H,6-14,21-23H2,1-5H3,(H,40,46)/t31-,33-,34-,35-,37+/m1/s1. The molecule has 1 aliphatic rings. The predicted molar refractivity (Wildman–Crippen MR) is 193 cm³/mol. The van der Waals surface area contributed by atoms with Gasteiger partial charge in [-0.15, -0.1) is 0 Å². The number of esters is 1. The monoisotopic (exact) mass is 751 g/mol. The zero-order valence-corrected chi connectivity index (χ0v) is 31.5. The Bertz CT molecular complexity index is 1430. The first-order valence-corrected chi connectivity index (χ1v) is 18.1. The number of hydrogen-bond donors (Lipinski definition) is 4. The van der Waals surface area contributed by atoms with Crippen LogP contribution >= 0.6 is 11.6 Å². The van der Waals surface area contributed by atoms with Gasteiger partial charge in [-0.25, -0.2) is 0 Å². The summed E-state index contributed by atoms with van der Waals surface area (Å²) >= 11 is 6.46. The number of carbonyl (C=O) groups excluding carboxylic acids is 3. The third kappa shape index (κ3) is 13.8. The van der Waals surface area contributed by atoms with Crippen LogP contribution in [0.25, 0.3) is 0 Å². The smallest absolute Gasteiger partial charge is 0.306 e. The van der Waals surface area contributed by atoms with E-state index in [1.165, 1.54) is 26.4 Å². The van der Waals surface area contributed by atoms with Gasteiger partial charge in [0.1, 0.15) is 60.4 Å². The molecule has 0 unspecified atom stereocenters. The van der Waals surface area contributed by atoms with Crippen molar-refractivity contribution in [2.45, 2.75) is 121 Å². The molecule has 2 aromatic rings. The van der Waals surface area contributed by atoms with E-state index in [1.54, 1.807) is 24.3 Å². The maximum atomic E-state index is 13.2. The number of benzene rings is 2. The predicted octanol–water partition coefficient (Wildman–Crippen LogP) is 4.91. The molecular weight excluding hydrogens is 698 g/mol. The van der Waals surface area contributed by atoms with E-state index >= 15 is 0 Å². The molecule has 0 saturated carbocycles. The normalized spacial score (nSPS) is 20.2. The van der Waals surface area contributed by atoms with Gasteiger partial charge in [0.2, 0.25) is 0 Å². The largest absolute Gasteiger partial charge is 0.496 e. The Kier molecular flexibility index (Phi) is 17.6. The Morgan fingerprint density at radius 3 is 2.10 bits per heavy atom. The molecule has 1 fully saturated rings. The summed E-state index contributed by atoms with van der Waals surface area (Å²) in [6.45, 7) is 5.20. The highest BCUT2D eigenvalue weighted by Crippen LogP contribution is 2.34. The topological polar surface area (TPSA) is 179 Å². The first-order valence-electron chi connectivity index (χ1n) is 17.7. The molecule has 0 bridgehead atoms. The van der Waals surface area contributed by atoms with E-state index in [4.69, 9.17) is 40.0 Å². The first kappa shape index (κ1) is 42.9. The number of amides is 1. The van der Waals surface area contributed by atoms with E-state index in [9.17, 15) is 29.7 Å². The lowest BCUT2D eigenvalue weighted by atomic mass is 9.96. The van der Waals surface area contributed by atoms with Crippen LogP contribution in [0.1, 0.15) is 94.5 Å². The molecule has 52 heavy (non-hydrogen) atoms. The van der Waals surface area contributed by atoms with Crippen molar-refractivity contribution in [3.63, 3.8) is 0 Å². The van der Waals surface area contributed by atoms with E-state index in [2.05, 4.69) is 5.32 Å². The third-order valence-corrected chi connectivity index (χ3v) is 8.68. The van der Waals surface area contributed by atoms with Crippen molar-refractivity contribution in [1.29, 1.82) is 0 Å². The van der Waals surface area contributed by atoms with Gasteiger partial charge in [0, 0.05) is 26.0 Å². The highest BCUT2D eigenvalue weighted by molar-refractivity contribution is 6.32. The zero-order valence-electron chi connectivity index (χ0n) is 30.7. The SMILES string of the molecule is COc1cc(OCc2ccc(OCC(=O)CCCCCCCCCC(=O)OC(C)(C)C)cc2)c(Cl)cc1C(=O)N[C@H]1[C@@H](OC)O[C@H](CO)[C@@H](O)[C@@H]1O. The molecule has 14 heteroatoms.